The van der Waals surface area contributed by atoms with Crippen LogP contribution < -0.4 is 5.32 Å². The molecule has 1 aliphatic rings. The summed E-state index contributed by atoms with van der Waals surface area (Å²) in [6.45, 7) is 1.89. The maximum Gasteiger partial charge on any atom is 0.256 e. The van der Waals surface area contributed by atoms with Crippen molar-refractivity contribution in [2.75, 3.05) is 5.32 Å². The van der Waals surface area contributed by atoms with Crippen LogP contribution in [0.25, 0.3) is 15.3 Å². The lowest BCUT2D eigenvalue weighted by Crippen LogP contribution is -2.16. The maximum atomic E-state index is 12.9. The first kappa shape index (κ1) is 18.3. The molecule has 7 heteroatoms. The van der Waals surface area contributed by atoms with Crippen molar-refractivity contribution in [3.8, 4) is 5.13 Å². The summed E-state index contributed by atoms with van der Waals surface area (Å²) in [6, 6.07) is 13.6. The number of anilines is 1. The second-order valence-electron chi connectivity index (χ2n) is 7.31. The van der Waals surface area contributed by atoms with E-state index in [9.17, 15) is 4.79 Å². The standard InChI is InChI=1S/C22H19ClN4OS/c1-13-11-19(24-21(28)16-10-9-14-5-2-3-6-15(14)12-16)27(26-13)22-25-20-17(23)7-4-8-18(20)29-22/h4,7-12H,2-3,5-6H2,1H3,(H,24,28). The van der Waals surface area contributed by atoms with Gasteiger partial charge in [-0.2, -0.15) is 9.78 Å². The SMILES string of the molecule is Cc1cc(NC(=O)c2ccc3c(c2)CCCC3)n(-c2nc3c(Cl)cccc3s2)n1. The predicted molar refractivity (Wildman–Crippen MR) is 118 cm³/mol. The van der Waals surface area contributed by atoms with E-state index in [1.807, 2.05) is 43.3 Å². The van der Waals surface area contributed by atoms with Crippen LogP contribution in [0.4, 0.5) is 5.82 Å². The molecule has 0 radical (unpaired) electrons. The summed E-state index contributed by atoms with van der Waals surface area (Å²) in [5.74, 6) is 0.457. The van der Waals surface area contributed by atoms with Crippen LogP contribution in [0.2, 0.25) is 5.02 Å². The number of nitrogens with one attached hydrogen (secondary N) is 1. The van der Waals surface area contributed by atoms with E-state index < -0.39 is 0 Å². The van der Waals surface area contributed by atoms with Gasteiger partial charge in [-0.15, -0.1) is 0 Å². The van der Waals surface area contributed by atoms with Crippen LogP contribution in [0.15, 0.2) is 42.5 Å². The zero-order valence-corrected chi connectivity index (χ0v) is 17.5. The summed E-state index contributed by atoms with van der Waals surface area (Å²) >= 11 is 7.76. The summed E-state index contributed by atoms with van der Waals surface area (Å²) in [6.07, 6.45) is 4.55. The van der Waals surface area contributed by atoms with Gasteiger partial charge in [-0.05, 0) is 68.0 Å². The van der Waals surface area contributed by atoms with Crippen molar-refractivity contribution in [1.82, 2.24) is 14.8 Å². The highest BCUT2D eigenvalue weighted by molar-refractivity contribution is 7.20. The smallest absolute Gasteiger partial charge is 0.256 e. The Balaban J connectivity index is 1.47. The molecule has 1 N–H and O–H groups in total. The number of fused-ring (bicyclic) bond motifs is 2. The van der Waals surface area contributed by atoms with E-state index in [1.165, 1.54) is 35.3 Å². The van der Waals surface area contributed by atoms with Crippen molar-refractivity contribution in [2.24, 2.45) is 0 Å². The number of halogens is 1. The fourth-order valence-corrected chi connectivity index (χ4v) is 5.02. The van der Waals surface area contributed by atoms with Gasteiger partial charge in [-0.1, -0.05) is 35.1 Å². The number of amides is 1. The van der Waals surface area contributed by atoms with E-state index in [4.69, 9.17) is 11.6 Å². The lowest BCUT2D eigenvalue weighted by atomic mass is 9.90. The third-order valence-corrected chi connectivity index (χ3v) is 6.52. The Kier molecular flexibility index (Phi) is 4.60. The first-order valence-electron chi connectivity index (χ1n) is 9.64. The molecule has 4 aromatic rings. The van der Waals surface area contributed by atoms with Gasteiger partial charge in [-0.3, -0.25) is 4.79 Å². The maximum absolute atomic E-state index is 12.9. The summed E-state index contributed by atoms with van der Waals surface area (Å²) in [5, 5.41) is 8.81. The van der Waals surface area contributed by atoms with Crippen molar-refractivity contribution >= 4 is 44.9 Å². The van der Waals surface area contributed by atoms with Gasteiger partial charge in [0, 0.05) is 11.6 Å². The third-order valence-electron chi connectivity index (χ3n) is 5.22. The molecule has 0 atom stereocenters. The Bertz CT molecular complexity index is 1240. The quantitative estimate of drug-likeness (QED) is 0.469. The Morgan fingerprint density at radius 1 is 1.14 bits per heavy atom. The Hall–Kier alpha value is -2.70. The molecule has 5 rings (SSSR count). The van der Waals surface area contributed by atoms with Crippen LogP contribution in [0.3, 0.4) is 0 Å². The van der Waals surface area contributed by atoms with Gasteiger partial charge < -0.3 is 5.32 Å². The zero-order valence-electron chi connectivity index (χ0n) is 15.9. The van der Waals surface area contributed by atoms with E-state index in [0.717, 1.165) is 28.8 Å². The molecule has 5 nitrogen and oxygen atoms in total. The second kappa shape index (κ2) is 7.28. The molecular weight excluding hydrogens is 404 g/mol. The lowest BCUT2D eigenvalue weighted by molar-refractivity contribution is 0.102. The minimum atomic E-state index is -0.140. The number of thiazole rings is 1. The molecule has 0 bridgehead atoms. The molecule has 146 valence electrons. The van der Waals surface area contributed by atoms with Gasteiger partial charge in [0.2, 0.25) is 5.13 Å². The highest BCUT2D eigenvalue weighted by Gasteiger charge is 2.18. The number of para-hydroxylation sites is 1. The minimum absolute atomic E-state index is 0.140. The molecular formula is C22H19ClN4OS. The van der Waals surface area contributed by atoms with E-state index in [-0.39, 0.29) is 5.91 Å². The number of nitrogens with zero attached hydrogens (tertiary/aromatic N) is 3. The van der Waals surface area contributed by atoms with Crippen LogP contribution >= 0.6 is 22.9 Å². The molecule has 0 saturated carbocycles. The Morgan fingerprint density at radius 3 is 2.79 bits per heavy atom. The van der Waals surface area contributed by atoms with E-state index in [1.54, 1.807) is 4.68 Å². The second-order valence-corrected chi connectivity index (χ2v) is 8.73. The Morgan fingerprint density at radius 2 is 1.97 bits per heavy atom. The molecule has 0 fully saturated rings. The number of carbonyl (C=O) groups is 1. The molecule has 0 aliphatic heterocycles. The normalized spacial score (nSPS) is 13.4. The minimum Gasteiger partial charge on any atom is -0.306 e. The number of hydrogen-bond acceptors (Lipinski definition) is 4. The van der Waals surface area contributed by atoms with Crippen LogP contribution in [0.5, 0.6) is 0 Å². The van der Waals surface area contributed by atoms with Crippen molar-refractivity contribution in [1.29, 1.82) is 0 Å². The van der Waals surface area contributed by atoms with E-state index >= 15 is 0 Å². The average molecular weight is 423 g/mol. The first-order chi connectivity index (χ1) is 14.1. The van der Waals surface area contributed by atoms with Gasteiger partial charge in [0.1, 0.15) is 11.3 Å². The van der Waals surface area contributed by atoms with Gasteiger partial charge in [-0.25, -0.2) is 4.98 Å². The topological polar surface area (TPSA) is 59.8 Å². The largest absolute Gasteiger partial charge is 0.306 e. The number of hydrogen-bond donors (Lipinski definition) is 1. The fraction of sp³-hybridized carbons (Fsp3) is 0.227. The van der Waals surface area contributed by atoms with Crippen LogP contribution in [-0.2, 0) is 12.8 Å². The van der Waals surface area contributed by atoms with Crippen molar-refractivity contribution < 1.29 is 4.79 Å². The molecule has 0 saturated heterocycles. The number of benzene rings is 2. The van der Waals surface area contributed by atoms with Crippen LogP contribution in [-0.4, -0.2) is 20.7 Å². The highest BCUT2D eigenvalue weighted by atomic mass is 35.5. The number of aryl methyl sites for hydroxylation is 3. The third kappa shape index (κ3) is 3.43. The molecule has 29 heavy (non-hydrogen) atoms. The predicted octanol–water partition coefficient (Wildman–Crippen LogP) is 5.57. The van der Waals surface area contributed by atoms with Crippen LogP contribution in [0.1, 0.15) is 40.0 Å². The molecule has 0 spiro atoms. The number of aromatic nitrogens is 3. The molecule has 2 aromatic carbocycles. The van der Waals surface area contributed by atoms with Gasteiger partial charge in [0.25, 0.3) is 5.91 Å². The fourth-order valence-electron chi connectivity index (χ4n) is 3.79. The molecule has 1 amide bonds. The molecule has 0 unspecified atom stereocenters. The molecule has 2 aromatic heterocycles. The number of carbonyl (C=O) groups excluding carboxylic acids is 1. The average Bonchev–Trinajstić information content (AvgIpc) is 3.31. The van der Waals surface area contributed by atoms with Crippen molar-refractivity contribution in [2.45, 2.75) is 32.6 Å². The Labute approximate surface area is 177 Å². The van der Waals surface area contributed by atoms with Gasteiger partial charge in [0.15, 0.2) is 0 Å². The molecule has 1 aliphatic carbocycles. The molecule has 2 heterocycles. The van der Waals surface area contributed by atoms with Gasteiger partial charge >= 0.3 is 0 Å². The first-order valence-corrected chi connectivity index (χ1v) is 10.8. The lowest BCUT2D eigenvalue weighted by Gasteiger charge is -2.16. The summed E-state index contributed by atoms with van der Waals surface area (Å²) in [4.78, 5) is 17.6. The van der Waals surface area contributed by atoms with E-state index in [2.05, 4.69) is 21.5 Å². The van der Waals surface area contributed by atoms with E-state index in [0.29, 0.717) is 21.5 Å². The summed E-state index contributed by atoms with van der Waals surface area (Å²) in [5.41, 5.74) is 4.86. The van der Waals surface area contributed by atoms with Crippen molar-refractivity contribution in [3.05, 3.63) is 69.9 Å². The summed E-state index contributed by atoms with van der Waals surface area (Å²) in [7, 11) is 0. The van der Waals surface area contributed by atoms with Crippen molar-refractivity contribution in [3.63, 3.8) is 0 Å². The van der Waals surface area contributed by atoms with Gasteiger partial charge in [0.05, 0.1) is 15.4 Å². The monoisotopic (exact) mass is 422 g/mol. The number of rotatable bonds is 3. The van der Waals surface area contributed by atoms with Crippen LogP contribution in [0, 0.1) is 6.92 Å². The highest BCUT2D eigenvalue weighted by Crippen LogP contribution is 2.31. The summed E-state index contributed by atoms with van der Waals surface area (Å²) < 4.78 is 2.65. The zero-order chi connectivity index (χ0) is 20.0.